The molecule has 8 atom stereocenters. The van der Waals surface area contributed by atoms with Crippen LogP contribution < -0.4 is 5.32 Å². The van der Waals surface area contributed by atoms with E-state index in [0.717, 1.165) is 19.3 Å². The fraction of sp³-hybridized carbons (Fsp3) is 1.00. The average molecular weight is 367 g/mol. The van der Waals surface area contributed by atoms with Crippen LogP contribution in [0, 0.1) is 11.8 Å². The molecule has 0 radical (unpaired) electrons. The molecule has 1 N–H and O–H groups in total. The predicted molar refractivity (Wildman–Crippen MR) is 84.5 cm³/mol. The maximum Gasteiger partial charge on any atom is 0.122 e. The zero-order valence-electron chi connectivity index (χ0n) is 12.4. The number of piperidine rings is 1. The smallest absolute Gasteiger partial charge is 0.122 e. The van der Waals surface area contributed by atoms with Gasteiger partial charge in [0.1, 0.15) is 3.78 Å². The van der Waals surface area contributed by atoms with Crippen LogP contribution in [0.1, 0.15) is 39.5 Å². The minimum atomic E-state index is -0.463. The quantitative estimate of drug-likeness (QED) is 0.761. The van der Waals surface area contributed by atoms with Gasteiger partial charge in [-0.15, -0.1) is 11.6 Å². The first-order valence-corrected chi connectivity index (χ1v) is 8.89. The van der Waals surface area contributed by atoms with Gasteiger partial charge in [-0.1, -0.05) is 15.9 Å². The summed E-state index contributed by atoms with van der Waals surface area (Å²) in [5, 5.41) is 3.81. The van der Waals surface area contributed by atoms with Gasteiger partial charge in [-0.25, -0.2) is 0 Å². The fourth-order valence-corrected chi connectivity index (χ4v) is 4.81. The molecular formula is C15H25BrClNO2. The highest BCUT2D eigenvalue weighted by atomic mass is 79.9. The van der Waals surface area contributed by atoms with Crippen LogP contribution in [0.5, 0.6) is 0 Å². The molecule has 0 spiro atoms. The molecule has 116 valence electrons. The Morgan fingerprint density at radius 1 is 1.30 bits per heavy atom. The van der Waals surface area contributed by atoms with E-state index in [4.69, 9.17) is 21.1 Å². The molecular weight excluding hydrogens is 342 g/mol. The van der Waals surface area contributed by atoms with E-state index in [1.54, 1.807) is 0 Å². The molecule has 3 rings (SSSR count). The van der Waals surface area contributed by atoms with Gasteiger partial charge in [0.25, 0.3) is 0 Å². The molecule has 6 unspecified atom stereocenters. The lowest BCUT2D eigenvalue weighted by molar-refractivity contribution is -0.0748. The number of ether oxygens (including phenoxy) is 2. The molecule has 0 aromatic carbocycles. The van der Waals surface area contributed by atoms with Gasteiger partial charge in [-0.05, 0) is 39.5 Å². The monoisotopic (exact) mass is 365 g/mol. The molecule has 2 saturated heterocycles. The Labute approximate surface area is 135 Å². The SMILES string of the molecule is COC1CCC2NC(C)C3C[C@H]([C@](C)(Cl)Br)OC3C2C1. The number of alkyl halides is 2. The normalized spacial score (nSPS) is 51.1. The van der Waals surface area contributed by atoms with Gasteiger partial charge in [0, 0.05) is 31.0 Å². The van der Waals surface area contributed by atoms with Gasteiger partial charge in [-0.3, -0.25) is 0 Å². The molecule has 1 saturated carbocycles. The first kappa shape index (κ1) is 15.5. The molecule has 3 nitrogen and oxygen atoms in total. The number of nitrogens with one attached hydrogen (secondary N) is 1. The second-order valence-corrected chi connectivity index (χ2v) is 9.73. The van der Waals surface area contributed by atoms with Crippen LogP contribution in [0.25, 0.3) is 0 Å². The third-order valence-corrected chi connectivity index (χ3v) is 6.28. The Bertz CT molecular complexity index is 362. The first-order valence-electron chi connectivity index (χ1n) is 7.72. The third-order valence-electron chi connectivity index (χ3n) is 5.52. The van der Waals surface area contributed by atoms with Crippen LogP contribution >= 0.6 is 27.5 Å². The van der Waals surface area contributed by atoms with Crippen molar-refractivity contribution in [2.45, 2.75) is 73.7 Å². The van der Waals surface area contributed by atoms with E-state index in [-0.39, 0.29) is 6.10 Å². The summed E-state index contributed by atoms with van der Waals surface area (Å²) in [4.78, 5) is 0. The van der Waals surface area contributed by atoms with Crippen molar-refractivity contribution in [3.05, 3.63) is 0 Å². The van der Waals surface area contributed by atoms with Crippen LogP contribution in [0.4, 0.5) is 0 Å². The summed E-state index contributed by atoms with van der Waals surface area (Å²) in [6.45, 7) is 4.28. The van der Waals surface area contributed by atoms with Crippen molar-refractivity contribution in [2.75, 3.05) is 7.11 Å². The largest absolute Gasteiger partial charge is 0.381 e. The van der Waals surface area contributed by atoms with Gasteiger partial charge in [0.05, 0.1) is 18.3 Å². The maximum absolute atomic E-state index is 6.43. The molecule has 2 aliphatic heterocycles. The Balaban J connectivity index is 1.77. The number of rotatable bonds is 2. The van der Waals surface area contributed by atoms with Gasteiger partial charge >= 0.3 is 0 Å². The average Bonchev–Trinajstić information content (AvgIpc) is 2.84. The Morgan fingerprint density at radius 2 is 2.05 bits per heavy atom. The minimum Gasteiger partial charge on any atom is -0.381 e. The Hall–Kier alpha value is 0.650. The van der Waals surface area contributed by atoms with Crippen molar-refractivity contribution in [1.82, 2.24) is 5.32 Å². The van der Waals surface area contributed by atoms with Gasteiger partial charge in [0.2, 0.25) is 0 Å². The van der Waals surface area contributed by atoms with E-state index < -0.39 is 3.78 Å². The van der Waals surface area contributed by atoms with Crippen molar-refractivity contribution in [1.29, 1.82) is 0 Å². The molecule has 0 aromatic rings. The Kier molecular flexibility index (Phi) is 4.42. The number of fused-ring (bicyclic) bond motifs is 3. The van der Waals surface area contributed by atoms with Crippen LogP contribution in [0.3, 0.4) is 0 Å². The molecule has 20 heavy (non-hydrogen) atoms. The van der Waals surface area contributed by atoms with E-state index >= 15 is 0 Å². The number of hydrogen-bond donors (Lipinski definition) is 1. The lowest BCUT2D eigenvalue weighted by Gasteiger charge is -2.47. The van der Waals surface area contributed by atoms with Crippen molar-refractivity contribution in [2.24, 2.45) is 11.8 Å². The van der Waals surface area contributed by atoms with E-state index in [2.05, 4.69) is 28.2 Å². The van der Waals surface area contributed by atoms with Crippen LogP contribution in [0.15, 0.2) is 0 Å². The van der Waals surface area contributed by atoms with E-state index in [0.29, 0.717) is 36.1 Å². The molecule has 0 amide bonds. The fourth-order valence-electron chi connectivity index (χ4n) is 4.37. The number of methoxy groups -OCH3 is 1. The number of hydrogen-bond acceptors (Lipinski definition) is 3. The predicted octanol–water partition coefficient (Wildman–Crippen LogP) is 3.29. The van der Waals surface area contributed by atoms with Crippen LogP contribution in [0.2, 0.25) is 0 Å². The maximum atomic E-state index is 6.43. The standard InChI is InChI=1S/C15H25BrClNO2/c1-8-10-7-13(15(2,16)17)20-14(10)11-6-9(19-3)4-5-12(11)18-8/h8-14,18H,4-7H2,1-3H3/t8?,9?,10?,11?,12?,13-,14?,15+/m1/s1. The highest BCUT2D eigenvalue weighted by molar-refractivity contribution is 9.10. The summed E-state index contributed by atoms with van der Waals surface area (Å²) in [5.41, 5.74) is 0. The summed E-state index contributed by atoms with van der Waals surface area (Å²) < 4.78 is 11.5. The van der Waals surface area contributed by atoms with E-state index in [9.17, 15) is 0 Å². The van der Waals surface area contributed by atoms with Crippen molar-refractivity contribution >= 4 is 27.5 Å². The van der Waals surface area contributed by atoms with Gasteiger partial charge in [0.15, 0.2) is 0 Å². The lowest BCUT2D eigenvalue weighted by atomic mass is 9.70. The van der Waals surface area contributed by atoms with Gasteiger partial charge in [-0.2, -0.15) is 0 Å². The van der Waals surface area contributed by atoms with Crippen LogP contribution in [-0.2, 0) is 9.47 Å². The topological polar surface area (TPSA) is 30.5 Å². The Morgan fingerprint density at radius 3 is 2.70 bits per heavy atom. The molecule has 5 heteroatoms. The lowest BCUT2D eigenvalue weighted by Crippen LogP contribution is -2.59. The second-order valence-electron chi connectivity index (χ2n) is 6.84. The highest BCUT2D eigenvalue weighted by Gasteiger charge is 2.53. The zero-order valence-corrected chi connectivity index (χ0v) is 14.8. The van der Waals surface area contributed by atoms with E-state index in [1.165, 1.54) is 6.42 Å². The molecule has 0 bridgehead atoms. The second kappa shape index (κ2) is 5.69. The third kappa shape index (κ3) is 2.79. The van der Waals surface area contributed by atoms with Crippen molar-refractivity contribution < 1.29 is 9.47 Å². The summed E-state index contributed by atoms with van der Waals surface area (Å²) in [6, 6.07) is 1.09. The minimum absolute atomic E-state index is 0.0880. The van der Waals surface area contributed by atoms with Crippen LogP contribution in [-0.4, -0.2) is 41.3 Å². The molecule has 0 aromatic heterocycles. The van der Waals surface area contributed by atoms with Gasteiger partial charge < -0.3 is 14.8 Å². The zero-order chi connectivity index (χ0) is 14.5. The summed E-state index contributed by atoms with van der Waals surface area (Å²) in [7, 11) is 1.83. The number of halogens is 2. The molecule has 1 aliphatic carbocycles. The van der Waals surface area contributed by atoms with E-state index in [1.807, 2.05) is 14.0 Å². The highest BCUT2D eigenvalue weighted by Crippen LogP contribution is 2.48. The molecule has 2 heterocycles. The van der Waals surface area contributed by atoms with Crippen molar-refractivity contribution in [3.8, 4) is 0 Å². The summed E-state index contributed by atoms with van der Waals surface area (Å²) >= 11 is 10.00. The van der Waals surface area contributed by atoms with Crippen molar-refractivity contribution in [3.63, 3.8) is 0 Å². The first-order chi connectivity index (χ1) is 9.40. The summed E-state index contributed by atoms with van der Waals surface area (Å²) in [6.07, 6.45) is 5.29. The molecule has 3 aliphatic rings. The summed E-state index contributed by atoms with van der Waals surface area (Å²) in [5.74, 6) is 1.12. The molecule has 3 fully saturated rings.